The molecule has 1 heterocycles. The average Bonchev–Trinajstić information content (AvgIpc) is 2.91. The Morgan fingerprint density at radius 2 is 1.87 bits per heavy atom. The first kappa shape index (κ1) is 15.0. The minimum Gasteiger partial charge on any atom is -0.352 e. The molecule has 116 valence electrons. The predicted octanol–water partition coefficient (Wildman–Crippen LogP) is 2.95. The van der Waals surface area contributed by atoms with Crippen LogP contribution < -0.4 is 5.32 Å². The van der Waals surface area contributed by atoms with Crippen LogP contribution in [0.3, 0.4) is 0 Å². The fourth-order valence-electron chi connectivity index (χ4n) is 2.51. The van der Waals surface area contributed by atoms with E-state index in [1.807, 2.05) is 67.7 Å². The molecule has 2 aromatic carbocycles. The van der Waals surface area contributed by atoms with E-state index in [1.54, 1.807) is 6.08 Å². The zero-order valence-corrected chi connectivity index (χ0v) is 13.1. The number of carbonyl (C=O) groups is 1. The maximum absolute atomic E-state index is 11.8. The van der Waals surface area contributed by atoms with E-state index in [9.17, 15) is 4.79 Å². The summed E-state index contributed by atoms with van der Waals surface area (Å²) in [5.74, 6) is 0.881. The number of hydrogen-bond acceptors (Lipinski definition) is 2. The quantitative estimate of drug-likeness (QED) is 0.737. The first-order chi connectivity index (χ1) is 11.2. The molecule has 3 aromatic rings. The summed E-state index contributed by atoms with van der Waals surface area (Å²) in [6.45, 7) is 0.565. The van der Waals surface area contributed by atoms with Gasteiger partial charge in [0.1, 0.15) is 5.82 Å². The van der Waals surface area contributed by atoms with Crippen LogP contribution in [-0.4, -0.2) is 22.0 Å². The van der Waals surface area contributed by atoms with E-state index in [0.717, 1.165) is 22.4 Å². The minimum atomic E-state index is -0.0902. The fraction of sp³-hybridized carbons (Fsp3) is 0.158. The number of amides is 1. The molecule has 0 saturated heterocycles. The van der Waals surface area contributed by atoms with Gasteiger partial charge in [0.15, 0.2) is 0 Å². The molecule has 0 unspecified atom stereocenters. The molecule has 23 heavy (non-hydrogen) atoms. The Hall–Kier alpha value is -2.88. The van der Waals surface area contributed by atoms with Crippen LogP contribution in [0.5, 0.6) is 0 Å². The van der Waals surface area contributed by atoms with E-state index in [0.29, 0.717) is 13.0 Å². The van der Waals surface area contributed by atoms with Gasteiger partial charge in [0, 0.05) is 26.1 Å². The van der Waals surface area contributed by atoms with E-state index in [1.165, 1.54) is 0 Å². The average molecular weight is 305 g/mol. The van der Waals surface area contributed by atoms with Gasteiger partial charge in [0.25, 0.3) is 0 Å². The van der Waals surface area contributed by atoms with Gasteiger partial charge in [-0.2, -0.15) is 0 Å². The summed E-state index contributed by atoms with van der Waals surface area (Å²) < 4.78 is 2.07. The van der Waals surface area contributed by atoms with E-state index in [-0.39, 0.29) is 5.91 Å². The lowest BCUT2D eigenvalue weighted by atomic mass is 10.2. The first-order valence-electron chi connectivity index (χ1n) is 7.65. The van der Waals surface area contributed by atoms with E-state index < -0.39 is 0 Å². The van der Waals surface area contributed by atoms with Crippen molar-refractivity contribution in [3.8, 4) is 0 Å². The number of carbonyl (C=O) groups excluding carboxylic acids is 1. The summed E-state index contributed by atoms with van der Waals surface area (Å²) in [7, 11) is 2.00. The zero-order chi connectivity index (χ0) is 16.1. The van der Waals surface area contributed by atoms with Gasteiger partial charge in [0.2, 0.25) is 5.91 Å². The van der Waals surface area contributed by atoms with Crippen molar-refractivity contribution in [2.45, 2.75) is 6.42 Å². The van der Waals surface area contributed by atoms with E-state index in [2.05, 4.69) is 14.9 Å². The maximum atomic E-state index is 11.8. The molecule has 0 aliphatic carbocycles. The summed E-state index contributed by atoms with van der Waals surface area (Å²) in [5.41, 5.74) is 3.11. The van der Waals surface area contributed by atoms with Crippen LogP contribution in [0.2, 0.25) is 0 Å². The van der Waals surface area contributed by atoms with Crippen molar-refractivity contribution < 1.29 is 4.79 Å². The summed E-state index contributed by atoms with van der Waals surface area (Å²) in [5, 5.41) is 2.89. The Kier molecular flexibility index (Phi) is 4.52. The van der Waals surface area contributed by atoms with Crippen LogP contribution in [-0.2, 0) is 18.3 Å². The van der Waals surface area contributed by atoms with Crippen LogP contribution in [0.4, 0.5) is 0 Å². The molecular formula is C19H19N3O. The monoisotopic (exact) mass is 305 g/mol. The van der Waals surface area contributed by atoms with E-state index >= 15 is 0 Å². The maximum Gasteiger partial charge on any atom is 0.244 e. The Morgan fingerprint density at radius 3 is 2.65 bits per heavy atom. The van der Waals surface area contributed by atoms with Crippen LogP contribution in [0.1, 0.15) is 11.4 Å². The van der Waals surface area contributed by atoms with Gasteiger partial charge < -0.3 is 9.88 Å². The Balaban J connectivity index is 1.55. The number of aryl methyl sites for hydroxylation is 1. The minimum absolute atomic E-state index is 0.0902. The Labute approximate surface area is 135 Å². The molecule has 1 aromatic heterocycles. The van der Waals surface area contributed by atoms with Gasteiger partial charge in [0.05, 0.1) is 11.0 Å². The molecule has 0 atom stereocenters. The normalized spacial score (nSPS) is 11.2. The molecule has 1 amide bonds. The molecule has 0 bridgehead atoms. The van der Waals surface area contributed by atoms with Crippen LogP contribution in [0.15, 0.2) is 60.7 Å². The lowest BCUT2D eigenvalue weighted by Crippen LogP contribution is -2.24. The molecule has 0 spiro atoms. The number of hydrogen-bond donors (Lipinski definition) is 1. The van der Waals surface area contributed by atoms with Gasteiger partial charge in [-0.3, -0.25) is 4.79 Å². The number of rotatable bonds is 5. The van der Waals surface area contributed by atoms with Crippen molar-refractivity contribution in [1.29, 1.82) is 0 Å². The highest BCUT2D eigenvalue weighted by molar-refractivity contribution is 5.91. The number of nitrogens with zero attached hydrogens (tertiary/aromatic N) is 2. The van der Waals surface area contributed by atoms with Crippen molar-refractivity contribution in [3.05, 3.63) is 72.1 Å². The molecule has 4 heteroatoms. The van der Waals surface area contributed by atoms with Gasteiger partial charge >= 0.3 is 0 Å². The summed E-state index contributed by atoms with van der Waals surface area (Å²) >= 11 is 0. The molecule has 0 saturated carbocycles. The van der Waals surface area contributed by atoms with Crippen molar-refractivity contribution in [2.75, 3.05) is 6.54 Å². The second kappa shape index (κ2) is 6.92. The second-order valence-electron chi connectivity index (χ2n) is 5.36. The first-order valence-corrected chi connectivity index (χ1v) is 7.65. The van der Waals surface area contributed by atoms with Crippen molar-refractivity contribution in [3.63, 3.8) is 0 Å². The largest absolute Gasteiger partial charge is 0.352 e. The van der Waals surface area contributed by atoms with Crippen LogP contribution in [0, 0.1) is 0 Å². The topological polar surface area (TPSA) is 46.9 Å². The smallest absolute Gasteiger partial charge is 0.244 e. The highest BCUT2D eigenvalue weighted by Crippen LogP contribution is 2.14. The number of nitrogens with one attached hydrogen (secondary N) is 1. The highest BCUT2D eigenvalue weighted by atomic mass is 16.1. The van der Waals surface area contributed by atoms with Gasteiger partial charge in [-0.1, -0.05) is 42.5 Å². The second-order valence-corrected chi connectivity index (χ2v) is 5.36. The highest BCUT2D eigenvalue weighted by Gasteiger charge is 2.06. The summed E-state index contributed by atoms with van der Waals surface area (Å²) in [6.07, 6.45) is 4.07. The van der Waals surface area contributed by atoms with Gasteiger partial charge in [-0.25, -0.2) is 4.98 Å². The lowest BCUT2D eigenvalue weighted by molar-refractivity contribution is -0.116. The Bertz CT molecular complexity index is 834. The van der Waals surface area contributed by atoms with Crippen molar-refractivity contribution >= 4 is 23.0 Å². The summed E-state index contributed by atoms with van der Waals surface area (Å²) in [6, 6.07) is 17.8. The Morgan fingerprint density at radius 1 is 1.13 bits per heavy atom. The van der Waals surface area contributed by atoms with Crippen LogP contribution in [0.25, 0.3) is 17.1 Å². The third-order valence-electron chi connectivity index (χ3n) is 3.75. The van der Waals surface area contributed by atoms with Crippen LogP contribution >= 0.6 is 0 Å². The van der Waals surface area contributed by atoms with Gasteiger partial charge in [-0.15, -0.1) is 0 Å². The summed E-state index contributed by atoms with van der Waals surface area (Å²) in [4.78, 5) is 16.4. The third kappa shape index (κ3) is 3.66. The lowest BCUT2D eigenvalue weighted by Gasteiger charge is -2.03. The molecule has 4 nitrogen and oxygen atoms in total. The number of imidazole rings is 1. The third-order valence-corrected chi connectivity index (χ3v) is 3.75. The molecular weight excluding hydrogens is 286 g/mol. The molecule has 0 fully saturated rings. The fourth-order valence-corrected chi connectivity index (χ4v) is 2.51. The van der Waals surface area contributed by atoms with Gasteiger partial charge in [-0.05, 0) is 23.8 Å². The molecule has 3 rings (SSSR count). The van der Waals surface area contributed by atoms with Crippen molar-refractivity contribution in [2.24, 2.45) is 7.05 Å². The zero-order valence-electron chi connectivity index (χ0n) is 13.1. The number of fused-ring (bicyclic) bond motifs is 1. The number of para-hydroxylation sites is 2. The predicted molar refractivity (Wildman–Crippen MR) is 92.9 cm³/mol. The molecule has 0 aliphatic heterocycles. The molecule has 1 N–H and O–H groups in total. The molecule has 0 radical (unpaired) electrons. The number of benzene rings is 2. The number of aromatic nitrogens is 2. The van der Waals surface area contributed by atoms with Crippen molar-refractivity contribution in [1.82, 2.24) is 14.9 Å². The molecule has 0 aliphatic rings. The SMILES string of the molecule is Cn1c(CCNC(=O)/C=C/c2ccccc2)nc2ccccc21. The van der Waals surface area contributed by atoms with E-state index in [4.69, 9.17) is 0 Å². The standard InChI is InChI=1S/C19H19N3O/c1-22-17-10-6-5-9-16(17)21-18(22)13-14-20-19(23)12-11-15-7-3-2-4-8-15/h2-12H,13-14H2,1H3,(H,20,23)/b12-11+.